The van der Waals surface area contributed by atoms with E-state index in [2.05, 4.69) is 15.5 Å². The number of halogens is 1. The van der Waals surface area contributed by atoms with Gasteiger partial charge in [0.1, 0.15) is 5.82 Å². The molecule has 1 atom stereocenters. The van der Waals surface area contributed by atoms with Gasteiger partial charge in [0, 0.05) is 31.9 Å². The predicted molar refractivity (Wildman–Crippen MR) is 118 cm³/mol. The minimum Gasteiger partial charge on any atom is -0.493 e. The SMILES string of the molecule is CCOc1c(OC)cc(CNC(=O)NCC2CCN(c3ccc(F)cc3)C2)cc1OC. The van der Waals surface area contributed by atoms with Gasteiger partial charge in [-0.2, -0.15) is 0 Å². The maximum absolute atomic E-state index is 13.1. The van der Waals surface area contributed by atoms with E-state index in [-0.39, 0.29) is 11.8 Å². The van der Waals surface area contributed by atoms with Crippen LogP contribution in [-0.4, -0.2) is 46.5 Å². The zero-order valence-electron chi connectivity index (χ0n) is 18.2. The van der Waals surface area contributed by atoms with Gasteiger partial charge in [0.15, 0.2) is 11.5 Å². The Labute approximate surface area is 182 Å². The Balaban J connectivity index is 1.48. The predicted octanol–water partition coefficient (Wildman–Crippen LogP) is 3.57. The van der Waals surface area contributed by atoms with E-state index in [0.717, 1.165) is 30.8 Å². The summed E-state index contributed by atoms with van der Waals surface area (Å²) in [5, 5.41) is 5.81. The highest BCUT2D eigenvalue weighted by atomic mass is 19.1. The molecular formula is C23H30FN3O4. The van der Waals surface area contributed by atoms with E-state index in [1.54, 1.807) is 26.4 Å². The highest BCUT2D eigenvalue weighted by molar-refractivity contribution is 5.74. The van der Waals surface area contributed by atoms with Crippen LogP contribution in [0.3, 0.4) is 0 Å². The number of ether oxygens (including phenoxy) is 3. The molecule has 2 aromatic rings. The normalized spacial score (nSPS) is 15.5. The molecule has 1 saturated heterocycles. The van der Waals surface area contributed by atoms with Gasteiger partial charge >= 0.3 is 6.03 Å². The number of hydrogen-bond donors (Lipinski definition) is 2. The minimum absolute atomic E-state index is 0.230. The van der Waals surface area contributed by atoms with Crippen LogP contribution in [0.1, 0.15) is 18.9 Å². The summed E-state index contributed by atoms with van der Waals surface area (Å²) in [6, 6.07) is 9.94. The topological polar surface area (TPSA) is 72.1 Å². The standard InChI is InChI=1S/C23H30FN3O4/c1-4-31-22-20(29-2)11-17(12-21(22)30-3)14-26-23(28)25-13-16-9-10-27(15-16)19-7-5-18(24)6-8-19/h5-8,11-12,16H,4,9-10,13-15H2,1-3H3,(H2,25,26,28). The maximum Gasteiger partial charge on any atom is 0.315 e. The van der Waals surface area contributed by atoms with Crippen molar-refractivity contribution in [3.05, 3.63) is 47.8 Å². The van der Waals surface area contributed by atoms with E-state index in [1.807, 2.05) is 19.1 Å². The molecule has 7 nitrogen and oxygen atoms in total. The van der Waals surface area contributed by atoms with E-state index >= 15 is 0 Å². The summed E-state index contributed by atoms with van der Waals surface area (Å²) in [7, 11) is 3.13. The number of carbonyl (C=O) groups is 1. The first-order valence-electron chi connectivity index (χ1n) is 10.4. The zero-order chi connectivity index (χ0) is 22.2. The van der Waals surface area contributed by atoms with Crippen LogP contribution in [0.25, 0.3) is 0 Å². The summed E-state index contributed by atoms with van der Waals surface area (Å²) < 4.78 is 29.5. The lowest BCUT2D eigenvalue weighted by atomic mass is 10.1. The summed E-state index contributed by atoms with van der Waals surface area (Å²) in [5.41, 5.74) is 1.85. The van der Waals surface area contributed by atoms with Gasteiger partial charge in [-0.25, -0.2) is 9.18 Å². The Kier molecular flexibility index (Phi) is 7.81. The van der Waals surface area contributed by atoms with Gasteiger partial charge in [-0.05, 0) is 61.2 Å². The van der Waals surface area contributed by atoms with Crippen LogP contribution in [0.15, 0.2) is 36.4 Å². The lowest BCUT2D eigenvalue weighted by Gasteiger charge is -2.19. The van der Waals surface area contributed by atoms with Crippen molar-refractivity contribution in [1.82, 2.24) is 10.6 Å². The van der Waals surface area contributed by atoms with Crippen LogP contribution < -0.4 is 29.7 Å². The molecule has 168 valence electrons. The zero-order valence-corrected chi connectivity index (χ0v) is 18.2. The highest BCUT2D eigenvalue weighted by Crippen LogP contribution is 2.38. The second kappa shape index (κ2) is 10.7. The smallest absolute Gasteiger partial charge is 0.315 e. The third-order valence-electron chi connectivity index (χ3n) is 5.29. The van der Waals surface area contributed by atoms with E-state index in [4.69, 9.17) is 14.2 Å². The quantitative estimate of drug-likeness (QED) is 0.635. The summed E-state index contributed by atoms with van der Waals surface area (Å²) in [6.45, 7) is 5.02. The molecule has 1 fully saturated rings. The molecule has 1 unspecified atom stereocenters. The third kappa shape index (κ3) is 5.93. The summed E-state index contributed by atoms with van der Waals surface area (Å²) in [5.74, 6) is 1.78. The molecule has 2 aromatic carbocycles. The number of hydrogen-bond acceptors (Lipinski definition) is 5. The van der Waals surface area contributed by atoms with E-state index in [0.29, 0.717) is 42.9 Å². The molecule has 8 heteroatoms. The first kappa shape index (κ1) is 22.5. The second-order valence-corrected chi connectivity index (χ2v) is 7.40. The van der Waals surface area contributed by atoms with Crippen LogP contribution in [0.2, 0.25) is 0 Å². The molecule has 3 rings (SSSR count). The first-order chi connectivity index (χ1) is 15.0. The van der Waals surface area contributed by atoms with Crippen molar-refractivity contribution in [2.75, 3.05) is 45.4 Å². The average Bonchev–Trinajstić information content (AvgIpc) is 3.26. The van der Waals surface area contributed by atoms with Gasteiger partial charge in [-0.15, -0.1) is 0 Å². The molecule has 1 heterocycles. The maximum atomic E-state index is 13.1. The number of nitrogens with one attached hydrogen (secondary N) is 2. The fraction of sp³-hybridized carbons (Fsp3) is 0.435. The van der Waals surface area contributed by atoms with E-state index in [9.17, 15) is 9.18 Å². The molecule has 2 N–H and O–H groups in total. The van der Waals surface area contributed by atoms with Crippen LogP contribution in [0, 0.1) is 11.7 Å². The molecule has 0 bridgehead atoms. The molecule has 0 saturated carbocycles. The molecule has 1 aliphatic heterocycles. The van der Waals surface area contributed by atoms with Gasteiger partial charge in [0.05, 0.1) is 20.8 Å². The van der Waals surface area contributed by atoms with Crippen LogP contribution in [0.5, 0.6) is 17.2 Å². The number of methoxy groups -OCH3 is 2. The van der Waals surface area contributed by atoms with Crippen LogP contribution >= 0.6 is 0 Å². The first-order valence-corrected chi connectivity index (χ1v) is 10.4. The summed E-state index contributed by atoms with van der Waals surface area (Å²) in [4.78, 5) is 14.5. The second-order valence-electron chi connectivity index (χ2n) is 7.40. The molecule has 2 amide bonds. The Morgan fingerprint density at radius 1 is 1.13 bits per heavy atom. The lowest BCUT2D eigenvalue weighted by Crippen LogP contribution is -2.38. The number of urea groups is 1. The number of rotatable bonds is 9. The number of carbonyl (C=O) groups excluding carboxylic acids is 1. The van der Waals surface area contributed by atoms with Crippen molar-refractivity contribution in [2.45, 2.75) is 19.9 Å². The van der Waals surface area contributed by atoms with Crippen molar-refractivity contribution in [2.24, 2.45) is 5.92 Å². The molecule has 0 aliphatic carbocycles. The van der Waals surface area contributed by atoms with Crippen molar-refractivity contribution >= 4 is 11.7 Å². The molecule has 1 aliphatic rings. The molecule has 0 aromatic heterocycles. The van der Waals surface area contributed by atoms with E-state index in [1.165, 1.54) is 12.1 Å². The fourth-order valence-electron chi connectivity index (χ4n) is 3.69. The largest absolute Gasteiger partial charge is 0.493 e. The number of amides is 2. The summed E-state index contributed by atoms with van der Waals surface area (Å²) >= 11 is 0. The van der Waals surface area contributed by atoms with E-state index < -0.39 is 0 Å². The lowest BCUT2D eigenvalue weighted by molar-refractivity contribution is 0.239. The van der Waals surface area contributed by atoms with Gasteiger partial charge in [0.2, 0.25) is 5.75 Å². The van der Waals surface area contributed by atoms with Gasteiger partial charge in [-0.1, -0.05) is 0 Å². The molecule has 31 heavy (non-hydrogen) atoms. The Bertz CT molecular complexity index is 851. The minimum atomic E-state index is -0.236. The number of benzene rings is 2. The Morgan fingerprint density at radius 3 is 2.42 bits per heavy atom. The van der Waals surface area contributed by atoms with Crippen LogP contribution in [-0.2, 0) is 6.54 Å². The fourth-order valence-corrected chi connectivity index (χ4v) is 3.69. The molecule has 0 radical (unpaired) electrons. The van der Waals surface area contributed by atoms with Crippen molar-refractivity contribution < 1.29 is 23.4 Å². The van der Waals surface area contributed by atoms with Crippen molar-refractivity contribution in [3.8, 4) is 17.2 Å². The number of anilines is 1. The van der Waals surface area contributed by atoms with Gasteiger partial charge in [0.25, 0.3) is 0 Å². The Morgan fingerprint density at radius 2 is 1.81 bits per heavy atom. The van der Waals surface area contributed by atoms with Crippen molar-refractivity contribution in [1.29, 1.82) is 0 Å². The van der Waals surface area contributed by atoms with Crippen LogP contribution in [0.4, 0.5) is 14.9 Å². The molecular weight excluding hydrogens is 401 g/mol. The highest BCUT2D eigenvalue weighted by Gasteiger charge is 2.23. The molecule has 0 spiro atoms. The Hall–Kier alpha value is -3.16. The monoisotopic (exact) mass is 431 g/mol. The number of nitrogens with zero attached hydrogens (tertiary/aromatic N) is 1. The summed E-state index contributed by atoms with van der Waals surface area (Å²) in [6.07, 6.45) is 0.977. The average molecular weight is 432 g/mol. The van der Waals surface area contributed by atoms with Gasteiger partial charge < -0.3 is 29.7 Å². The van der Waals surface area contributed by atoms with Gasteiger partial charge in [-0.3, -0.25) is 0 Å². The van der Waals surface area contributed by atoms with Crippen molar-refractivity contribution in [3.63, 3.8) is 0 Å². The third-order valence-corrected chi connectivity index (χ3v) is 5.29.